The van der Waals surface area contributed by atoms with Crippen molar-refractivity contribution in [2.45, 2.75) is 13.8 Å². The largest absolute Gasteiger partial charge is 0.502 e. The van der Waals surface area contributed by atoms with E-state index in [-0.39, 0.29) is 11.5 Å². The Kier molecular flexibility index (Phi) is 5.66. The SMILES string of the molecule is CCS(=O)(=O)Nc1oc(-c2cc(OC)cc(OC)c2)c(O)c1OC(C)=O. The summed E-state index contributed by atoms with van der Waals surface area (Å²) in [6.07, 6.45) is 0. The van der Waals surface area contributed by atoms with Crippen LogP contribution >= 0.6 is 0 Å². The van der Waals surface area contributed by atoms with E-state index in [1.165, 1.54) is 33.3 Å². The Morgan fingerprint density at radius 2 is 1.77 bits per heavy atom. The van der Waals surface area contributed by atoms with Gasteiger partial charge < -0.3 is 23.7 Å². The van der Waals surface area contributed by atoms with E-state index < -0.39 is 33.4 Å². The molecule has 2 aromatic rings. The number of anilines is 1. The lowest BCUT2D eigenvalue weighted by Gasteiger charge is -2.07. The molecular formula is C16H19NO8S. The number of rotatable bonds is 7. The Hall–Kier alpha value is -2.88. The van der Waals surface area contributed by atoms with E-state index in [2.05, 4.69) is 4.72 Å². The summed E-state index contributed by atoms with van der Waals surface area (Å²) in [6, 6.07) is 4.69. The first kappa shape index (κ1) is 19.4. The van der Waals surface area contributed by atoms with Crippen molar-refractivity contribution >= 4 is 21.9 Å². The summed E-state index contributed by atoms with van der Waals surface area (Å²) in [6.45, 7) is 2.53. The lowest BCUT2D eigenvalue weighted by Crippen LogP contribution is -2.15. The molecule has 0 amide bonds. The first-order valence-corrected chi connectivity index (χ1v) is 9.14. The molecule has 0 aliphatic carbocycles. The minimum atomic E-state index is -3.74. The summed E-state index contributed by atoms with van der Waals surface area (Å²) >= 11 is 0. The van der Waals surface area contributed by atoms with Crippen LogP contribution in [0.25, 0.3) is 11.3 Å². The van der Waals surface area contributed by atoms with Gasteiger partial charge in [-0.25, -0.2) is 13.1 Å². The number of nitrogens with one attached hydrogen (secondary N) is 1. The average Bonchev–Trinajstić information content (AvgIpc) is 2.89. The Morgan fingerprint density at radius 3 is 2.23 bits per heavy atom. The molecule has 0 fully saturated rings. The van der Waals surface area contributed by atoms with E-state index in [0.717, 1.165) is 6.92 Å². The molecule has 10 heteroatoms. The van der Waals surface area contributed by atoms with E-state index in [1.807, 2.05) is 0 Å². The van der Waals surface area contributed by atoms with Gasteiger partial charge >= 0.3 is 5.97 Å². The number of ether oxygens (including phenoxy) is 3. The maximum absolute atomic E-state index is 11.8. The molecule has 142 valence electrons. The Labute approximate surface area is 150 Å². The van der Waals surface area contributed by atoms with E-state index in [1.54, 1.807) is 6.07 Å². The zero-order valence-electron chi connectivity index (χ0n) is 14.7. The maximum Gasteiger partial charge on any atom is 0.308 e. The Morgan fingerprint density at radius 1 is 1.19 bits per heavy atom. The van der Waals surface area contributed by atoms with Gasteiger partial charge in [-0.2, -0.15) is 0 Å². The summed E-state index contributed by atoms with van der Waals surface area (Å²) in [5.74, 6) is -1.65. The van der Waals surface area contributed by atoms with Crippen LogP contribution in [0, 0.1) is 0 Å². The van der Waals surface area contributed by atoms with Crippen molar-refractivity contribution in [1.82, 2.24) is 0 Å². The molecule has 0 saturated carbocycles. The minimum absolute atomic E-state index is 0.118. The number of furan rings is 1. The third-order valence-corrected chi connectivity index (χ3v) is 4.58. The minimum Gasteiger partial charge on any atom is -0.502 e. The van der Waals surface area contributed by atoms with E-state index in [9.17, 15) is 18.3 Å². The highest BCUT2D eigenvalue weighted by atomic mass is 32.2. The lowest BCUT2D eigenvalue weighted by molar-refractivity contribution is -0.131. The number of methoxy groups -OCH3 is 2. The van der Waals surface area contributed by atoms with Crippen LogP contribution in [0.1, 0.15) is 13.8 Å². The molecule has 1 heterocycles. The highest BCUT2D eigenvalue weighted by Crippen LogP contribution is 2.47. The molecule has 1 aromatic carbocycles. The average molecular weight is 385 g/mol. The molecule has 2 rings (SSSR count). The molecule has 0 spiro atoms. The number of carbonyl (C=O) groups is 1. The van der Waals surface area contributed by atoms with Crippen LogP contribution in [-0.2, 0) is 14.8 Å². The fraction of sp³-hybridized carbons (Fsp3) is 0.312. The van der Waals surface area contributed by atoms with Crippen LogP contribution in [-0.4, -0.2) is 39.5 Å². The monoisotopic (exact) mass is 385 g/mol. The van der Waals surface area contributed by atoms with Gasteiger partial charge in [0, 0.05) is 18.6 Å². The van der Waals surface area contributed by atoms with Crippen LogP contribution in [0.2, 0.25) is 0 Å². The quantitative estimate of drug-likeness (QED) is 0.696. The van der Waals surface area contributed by atoms with Gasteiger partial charge in [0.25, 0.3) is 5.88 Å². The number of hydrogen-bond donors (Lipinski definition) is 2. The second-order valence-electron chi connectivity index (χ2n) is 5.14. The molecular weight excluding hydrogens is 366 g/mol. The molecule has 9 nitrogen and oxygen atoms in total. The lowest BCUT2D eigenvalue weighted by atomic mass is 10.1. The first-order valence-electron chi connectivity index (χ1n) is 7.48. The molecule has 0 saturated heterocycles. The Bertz CT molecular complexity index is 894. The molecule has 26 heavy (non-hydrogen) atoms. The van der Waals surface area contributed by atoms with Gasteiger partial charge in [-0.3, -0.25) is 4.79 Å². The second kappa shape index (κ2) is 7.56. The van der Waals surface area contributed by atoms with Gasteiger partial charge in [0.1, 0.15) is 11.5 Å². The Balaban J connectivity index is 2.63. The van der Waals surface area contributed by atoms with Crippen molar-refractivity contribution in [3.8, 4) is 34.3 Å². The summed E-state index contributed by atoms with van der Waals surface area (Å²) in [5, 5.41) is 10.4. The standard InChI is InChI=1S/C16H19NO8S/c1-5-26(20,21)17-16-15(24-9(2)18)13(19)14(25-16)10-6-11(22-3)8-12(7-10)23-4/h6-8,17,19H,5H2,1-4H3. The number of hydrogen-bond acceptors (Lipinski definition) is 8. The zero-order chi connectivity index (χ0) is 19.5. The van der Waals surface area contributed by atoms with Gasteiger partial charge in [0.15, 0.2) is 5.76 Å². The molecule has 2 N–H and O–H groups in total. The van der Waals surface area contributed by atoms with E-state index in [4.69, 9.17) is 18.6 Å². The predicted molar refractivity (Wildman–Crippen MR) is 93.3 cm³/mol. The van der Waals surface area contributed by atoms with Gasteiger partial charge in [0.05, 0.1) is 20.0 Å². The van der Waals surface area contributed by atoms with Crippen molar-refractivity contribution in [3.63, 3.8) is 0 Å². The highest BCUT2D eigenvalue weighted by Gasteiger charge is 2.27. The molecule has 0 radical (unpaired) electrons. The number of esters is 1. The summed E-state index contributed by atoms with van der Waals surface area (Å²) in [4.78, 5) is 11.3. The van der Waals surface area contributed by atoms with Gasteiger partial charge in [-0.15, -0.1) is 0 Å². The predicted octanol–water partition coefficient (Wildman–Crippen LogP) is 2.36. The number of carbonyl (C=O) groups excluding carboxylic acids is 1. The molecule has 0 aliphatic heterocycles. The molecule has 1 aromatic heterocycles. The molecule has 0 aliphatic rings. The van der Waals surface area contributed by atoms with Crippen molar-refractivity contribution in [2.24, 2.45) is 0 Å². The van der Waals surface area contributed by atoms with Crippen molar-refractivity contribution in [2.75, 3.05) is 24.7 Å². The van der Waals surface area contributed by atoms with Crippen molar-refractivity contribution in [1.29, 1.82) is 0 Å². The van der Waals surface area contributed by atoms with Crippen LogP contribution < -0.4 is 18.9 Å². The van der Waals surface area contributed by atoms with Crippen LogP contribution in [0.5, 0.6) is 23.0 Å². The van der Waals surface area contributed by atoms with Crippen LogP contribution in [0.4, 0.5) is 5.88 Å². The second-order valence-corrected chi connectivity index (χ2v) is 7.15. The molecule has 0 bridgehead atoms. The smallest absolute Gasteiger partial charge is 0.308 e. The topological polar surface area (TPSA) is 124 Å². The van der Waals surface area contributed by atoms with E-state index >= 15 is 0 Å². The number of sulfonamides is 1. The highest BCUT2D eigenvalue weighted by molar-refractivity contribution is 7.92. The molecule has 0 atom stereocenters. The number of aromatic hydroxyl groups is 1. The maximum atomic E-state index is 11.8. The summed E-state index contributed by atoms with van der Waals surface area (Å²) in [7, 11) is -0.838. The fourth-order valence-electron chi connectivity index (χ4n) is 2.06. The third kappa shape index (κ3) is 4.20. The van der Waals surface area contributed by atoms with E-state index in [0.29, 0.717) is 17.1 Å². The first-order chi connectivity index (χ1) is 12.2. The van der Waals surface area contributed by atoms with Crippen molar-refractivity contribution < 1.29 is 36.9 Å². The third-order valence-electron chi connectivity index (χ3n) is 3.33. The van der Waals surface area contributed by atoms with Gasteiger partial charge in [-0.05, 0) is 19.1 Å². The molecule has 0 unspecified atom stereocenters. The number of benzene rings is 1. The zero-order valence-corrected chi connectivity index (χ0v) is 15.5. The van der Waals surface area contributed by atoms with Crippen LogP contribution in [0.15, 0.2) is 22.6 Å². The summed E-state index contributed by atoms with van der Waals surface area (Å²) in [5.41, 5.74) is 0.328. The van der Waals surface area contributed by atoms with Crippen molar-refractivity contribution in [3.05, 3.63) is 18.2 Å². The normalized spacial score (nSPS) is 11.1. The van der Waals surface area contributed by atoms with Crippen LogP contribution in [0.3, 0.4) is 0 Å². The summed E-state index contributed by atoms with van der Waals surface area (Å²) < 4.78 is 46.5. The van der Waals surface area contributed by atoms with Gasteiger partial charge in [0.2, 0.25) is 21.5 Å². The fourth-order valence-corrected chi connectivity index (χ4v) is 2.62. The van der Waals surface area contributed by atoms with Gasteiger partial charge in [-0.1, -0.05) is 0 Å².